The molecule has 0 saturated heterocycles. The molecule has 148 valence electrons. The summed E-state index contributed by atoms with van der Waals surface area (Å²) in [5.74, 6) is -0.886. The number of azo groups is 1. The summed E-state index contributed by atoms with van der Waals surface area (Å²) < 4.78 is 1.22. The highest BCUT2D eigenvalue weighted by atomic mass is 32.1. The third kappa shape index (κ3) is 3.63. The van der Waals surface area contributed by atoms with E-state index in [0.29, 0.717) is 22.1 Å². The van der Waals surface area contributed by atoms with Crippen molar-refractivity contribution in [3.8, 4) is 17.4 Å². The molecule has 3 N–H and O–H groups in total. The predicted molar refractivity (Wildman–Crippen MR) is 118 cm³/mol. The Morgan fingerprint density at radius 1 is 0.833 bits per heavy atom. The van der Waals surface area contributed by atoms with Crippen LogP contribution in [0.1, 0.15) is 10.4 Å². The number of amides is 1. The Balaban J connectivity index is 1.65. The number of para-hydroxylation sites is 1. The number of fused-ring (bicyclic) bond motifs is 1. The number of benzene rings is 3. The molecule has 1 heterocycles. The lowest BCUT2D eigenvalue weighted by molar-refractivity contribution is 0.0977. The molecule has 0 aliphatic rings. The van der Waals surface area contributed by atoms with Gasteiger partial charge in [0.1, 0.15) is 0 Å². The monoisotopic (exact) mass is 416 g/mol. The van der Waals surface area contributed by atoms with Crippen molar-refractivity contribution in [2.45, 2.75) is 0 Å². The minimum absolute atomic E-state index is 0.107. The minimum Gasteiger partial charge on any atom is -0.494 e. The summed E-state index contributed by atoms with van der Waals surface area (Å²) in [6, 6.07) is 22.4. The zero-order valence-electron chi connectivity index (χ0n) is 15.6. The molecule has 0 fully saturated rings. The van der Waals surface area contributed by atoms with Crippen molar-refractivity contribution >= 4 is 39.7 Å². The fraction of sp³-hybridized carbons (Fsp3) is 0. The Kier molecular flexibility index (Phi) is 5.23. The van der Waals surface area contributed by atoms with E-state index in [-0.39, 0.29) is 22.4 Å². The van der Waals surface area contributed by atoms with Gasteiger partial charge in [0.05, 0.1) is 16.9 Å². The van der Waals surface area contributed by atoms with Crippen molar-refractivity contribution in [1.82, 2.24) is 9.88 Å². The van der Waals surface area contributed by atoms with E-state index < -0.39 is 5.91 Å². The lowest BCUT2D eigenvalue weighted by atomic mass is 10.1. The number of hydrogen-bond donors (Lipinski definition) is 3. The van der Waals surface area contributed by atoms with Crippen LogP contribution in [0.5, 0.6) is 11.8 Å². The van der Waals surface area contributed by atoms with Gasteiger partial charge in [-0.25, -0.2) is 4.57 Å². The van der Waals surface area contributed by atoms with Crippen LogP contribution in [0.3, 0.4) is 0 Å². The van der Waals surface area contributed by atoms with Crippen LogP contribution in [0.2, 0.25) is 0 Å². The summed E-state index contributed by atoms with van der Waals surface area (Å²) in [5, 5.41) is 32.4. The van der Waals surface area contributed by atoms with Gasteiger partial charge in [-0.1, -0.05) is 42.5 Å². The first-order valence-electron chi connectivity index (χ1n) is 8.99. The summed E-state index contributed by atoms with van der Waals surface area (Å²) in [4.78, 5) is 12.8. The summed E-state index contributed by atoms with van der Waals surface area (Å²) >= 11 is 5.10. The van der Waals surface area contributed by atoms with E-state index in [2.05, 4.69) is 15.5 Å². The molecule has 1 amide bonds. The number of nitrogens with one attached hydrogen (secondary N) is 1. The van der Waals surface area contributed by atoms with Crippen LogP contribution in [0.15, 0.2) is 89.1 Å². The lowest BCUT2D eigenvalue weighted by Gasteiger charge is -2.12. The fourth-order valence-corrected chi connectivity index (χ4v) is 3.22. The van der Waals surface area contributed by atoms with Gasteiger partial charge in [-0.3, -0.25) is 10.1 Å². The number of hydrogen-bond acceptors (Lipinski definition) is 5. The third-order valence-corrected chi connectivity index (χ3v) is 4.64. The van der Waals surface area contributed by atoms with Crippen molar-refractivity contribution in [2.75, 3.05) is 0 Å². The van der Waals surface area contributed by atoms with Gasteiger partial charge in [0.2, 0.25) is 16.9 Å². The number of nitrogens with zero attached hydrogens (tertiary/aromatic N) is 3. The topological polar surface area (TPSA) is 99.2 Å². The molecule has 0 unspecified atom stereocenters. The summed E-state index contributed by atoms with van der Waals surface area (Å²) in [6.07, 6.45) is 0. The molecule has 3 aromatic carbocycles. The smallest absolute Gasteiger partial charge is 0.259 e. The normalized spacial score (nSPS) is 11.1. The molecule has 4 aromatic rings. The van der Waals surface area contributed by atoms with E-state index in [4.69, 9.17) is 12.2 Å². The highest BCUT2D eigenvalue weighted by Crippen LogP contribution is 2.39. The van der Waals surface area contributed by atoms with E-state index in [1.54, 1.807) is 60.7 Å². The van der Waals surface area contributed by atoms with Crippen LogP contribution >= 0.6 is 12.2 Å². The number of carbonyl (C=O) groups is 1. The zero-order valence-corrected chi connectivity index (χ0v) is 16.4. The summed E-state index contributed by atoms with van der Waals surface area (Å²) in [6.45, 7) is 0. The standard InChI is InChI=1S/C22H16N4O3S/c27-19(23-22(30)25-24-14-8-2-1-3-9-14)17-12-6-7-13-18(17)26-20(28)15-10-4-5-11-16(15)21(26)29/h1-13,28-29H,(H,23,27,30). The maximum Gasteiger partial charge on any atom is 0.259 e. The van der Waals surface area contributed by atoms with E-state index in [0.717, 1.165) is 0 Å². The van der Waals surface area contributed by atoms with Crippen molar-refractivity contribution in [1.29, 1.82) is 0 Å². The molecule has 4 rings (SSSR count). The van der Waals surface area contributed by atoms with Crippen LogP contribution in [0, 0.1) is 0 Å². The zero-order chi connectivity index (χ0) is 21.1. The third-order valence-electron chi connectivity index (χ3n) is 4.46. The average molecular weight is 416 g/mol. The van der Waals surface area contributed by atoms with Crippen molar-refractivity contribution in [3.63, 3.8) is 0 Å². The minimum atomic E-state index is -0.542. The van der Waals surface area contributed by atoms with Gasteiger partial charge in [0, 0.05) is 10.8 Å². The molecule has 0 bridgehead atoms. The molecule has 30 heavy (non-hydrogen) atoms. The van der Waals surface area contributed by atoms with Crippen LogP contribution in [-0.4, -0.2) is 25.8 Å². The maximum atomic E-state index is 12.8. The molecule has 0 spiro atoms. The summed E-state index contributed by atoms with van der Waals surface area (Å²) in [5.41, 5.74) is 1.09. The van der Waals surface area contributed by atoms with Gasteiger partial charge in [-0.2, -0.15) is 0 Å². The molecule has 1 aromatic heterocycles. The number of aromatic hydroxyl groups is 2. The largest absolute Gasteiger partial charge is 0.494 e. The van der Waals surface area contributed by atoms with Crippen LogP contribution in [0.25, 0.3) is 16.5 Å². The highest BCUT2D eigenvalue weighted by molar-refractivity contribution is 7.80. The quantitative estimate of drug-likeness (QED) is 0.329. The SMILES string of the molecule is O=C(NC(=S)N=Nc1ccccc1)c1ccccc1-n1c(O)c2ccccc2c1O. The van der Waals surface area contributed by atoms with Crippen LogP contribution in [0.4, 0.5) is 5.69 Å². The Labute approximate surface area is 176 Å². The Hall–Kier alpha value is -4.04. The highest BCUT2D eigenvalue weighted by Gasteiger charge is 2.21. The first kappa shape index (κ1) is 19.3. The van der Waals surface area contributed by atoms with Gasteiger partial charge in [-0.05, 0) is 48.6 Å². The van der Waals surface area contributed by atoms with E-state index in [1.165, 1.54) is 4.57 Å². The molecular formula is C22H16N4O3S. The second kappa shape index (κ2) is 8.14. The molecule has 0 radical (unpaired) electrons. The molecule has 0 saturated carbocycles. The molecule has 8 heteroatoms. The first-order chi connectivity index (χ1) is 14.6. The second-order valence-corrected chi connectivity index (χ2v) is 6.73. The van der Waals surface area contributed by atoms with Crippen molar-refractivity contribution in [2.24, 2.45) is 10.2 Å². The predicted octanol–water partition coefficient (Wildman–Crippen LogP) is 4.84. The number of aromatic nitrogens is 1. The first-order valence-corrected chi connectivity index (χ1v) is 9.40. The second-order valence-electron chi connectivity index (χ2n) is 6.34. The van der Waals surface area contributed by atoms with Crippen molar-refractivity contribution < 1.29 is 15.0 Å². The average Bonchev–Trinajstić information content (AvgIpc) is 3.03. The molecule has 0 aliphatic heterocycles. The maximum absolute atomic E-state index is 12.8. The molecule has 0 atom stereocenters. The fourth-order valence-electron chi connectivity index (χ4n) is 3.09. The number of carbonyl (C=O) groups excluding carboxylic acids is 1. The molecular weight excluding hydrogens is 400 g/mol. The summed E-state index contributed by atoms with van der Waals surface area (Å²) in [7, 11) is 0. The molecule has 0 aliphatic carbocycles. The van der Waals surface area contributed by atoms with Crippen molar-refractivity contribution in [3.05, 3.63) is 84.4 Å². The van der Waals surface area contributed by atoms with Gasteiger partial charge >= 0.3 is 0 Å². The molecule has 7 nitrogen and oxygen atoms in total. The Morgan fingerprint density at radius 3 is 2.07 bits per heavy atom. The Morgan fingerprint density at radius 2 is 1.40 bits per heavy atom. The van der Waals surface area contributed by atoms with Gasteiger partial charge < -0.3 is 10.2 Å². The lowest BCUT2D eigenvalue weighted by Crippen LogP contribution is -2.28. The number of thiocarbonyl (C=S) groups is 1. The van der Waals surface area contributed by atoms with Gasteiger partial charge in [-0.15, -0.1) is 10.2 Å². The number of rotatable bonds is 3. The van der Waals surface area contributed by atoms with Crippen LogP contribution < -0.4 is 5.32 Å². The van der Waals surface area contributed by atoms with E-state index in [1.807, 2.05) is 18.2 Å². The Bertz CT molecular complexity index is 1240. The van der Waals surface area contributed by atoms with Crippen LogP contribution in [-0.2, 0) is 0 Å². The van der Waals surface area contributed by atoms with Gasteiger partial charge in [0.15, 0.2) is 0 Å². The van der Waals surface area contributed by atoms with E-state index >= 15 is 0 Å². The van der Waals surface area contributed by atoms with E-state index in [9.17, 15) is 15.0 Å². The van der Waals surface area contributed by atoms with Gasteiger partial charge in [0.25, 0.3) is 5.91 Å².